The third-order valence-electron chi connectivity index (χ3n) is 3.28. The summed E-state index contributed by atoms with van der Waals surface area (Å²) in [7, 11) is 0. The second-order valence-corrected chi connectivity index (χ2v) is 5.29. The molecule has 0 aliphatic rings. The highest BCUT2D eigenvalue weighted by molar-refractivity contribution is 6.02. The number of fused-ring (bicyclic) bond motifs is 3. The van der Waals surface area contributed by atoms with Crippen molar-refractivity contribution in [3.63, 3.8) is 0 Å². The Morgan fingerprint density at radius 2 is 2.05 bits per heavy atom. The standard InChI is InChI=1S/C16H20N4O/c1-4-21-10-15-18-14-9-17-13-8-6-5-7-12(13)16(14)20(15)19-11(2)3/h5-9,11,19H,4,10H2,1-3H3. The van der Waals surface area contributed by atoms with E-state index in [1.807, 2.05) is 36.0 Å². The van der Waals surface area contributed by atoms with Gasteiger partial charge >= 0.3 is 0 Å². The van der Waals surface area contributed by atoms with Gasteiger partial charge in [0.15, 0.2) is 5.82 Å². The van der Waals surface area contributed by atoms with Crippen LogP contribution in [0.1, 0.15) is 26.6 Å². The Morgan fingerprint density at radius 3 is 2.81 bits per heavy atom. The quantitative estimate of drug-likeness (QED) is 0.782. The minimum absolute atomic E-state index is 0.301. The number of hydrogen-bond acceptors (Lipinski definition) is 4. The number of pyridine rings is 1. The Morgan fingerprint density at radius 1 is 1.24 bits per heavy atom. The molecule has 21 heavy (non-hydrogen) atoms. The van der Waals surface area contributed by atoms with Crippen molar-refractivity contribution >= 4 is 21.9 Å². The highest BCUT2D eigenvalue weighted by atomic mass is 16.5. The summed E-state index contributed by atoms with van der Waals surface area (Å²) in [6.07, 6.45) is 1.83. The van der Waals surface area contributed by atoms with Crippen LogP contribution in [0.5, 0.6) is 0 Å². The summed E-state index contributed by atoms with van der Waals surface area (Å²) in [6.45, 7) is 7.36. The first-order chi connectivity index (χ1) is 10.2. The second-order valence-electron chi connectivity index (χ2n) is 5.29. The van der Waals surface area contributed by atoms with Crippen molar-refractivity contribution in [1.82, 2.24) is 14.6 Å². The van der Waals surface area contributed by atoms with Gasteiger partial charge in [-0.3, -0.25) is 4.98 Å². The zero-order valence-corrected chi connectivity index (χ0v) is 12.6. The SMILES string of the molecule is CCOCc1nc2cnc3ccccc3c2n1NC(C)C. The molecule has 0 atom stereocenters. The molecule has 0 radical (unpaired) electrons. The van der Waals surface area contributed by atoms with E-state index in [-0.39, 0.29) is 0 Å². The van der Waals surface area contributed by atoms with Crippen LogP contribution in [0.2, 0.25) is 0 Å². The Hall–Kier alpha value is -2.14. The van der Waals surface area contributed by atoms with Gasteiger partial charge < -0.3 is 10.2 Å². The highest BCUT2D eigenvalue weighted by Gasteiger charge is 2.14. The predicted molar refractivity (Wildman–Crippen MR) is 84.9 cm³/mol. The van der Waals surface area contributed by atoms with Crippen molar-refractivity contribution in [1.29, 1.82) is 0 Å². The van der Waals surface area contributed by atoms with E-state index >= 15 is 0 Å². The molecule has 1 N–H and O–H groups in total. The number of rotatable bonds is 5. The molecule has 2 heterocycles. The van der Waals surface area contributed by atoms with E-state index in [4.69, 9.17) is 4.74 Å². The van der Waals surface area contributed by atoms with Crippen LogP contribution in [-0.2, 0) is 11.3 Å². The maximum absolute atomic E-state index is 5.54. The van der Waals surface area contributed by atoms with Crippen molar-refractivity contribution in [3.8, 4) is 0 Å². The third kappa shape index (κ3) is 2.56. The van der Waals surface area contributed by atoms with Crippen molar-refractivity contribution in [3.05, 3.63) is 36.3 Å². The van der Waals surface area contributed by atoms with Crippen LogP contribution < -0.4 is 5.43 Å². The average Bonchev–Trinajstić information content (AvgIpc) is 2.82. The first-order valence-electron chi connectivity index (χ1n) is 7.30. The fraction of sp³-hybridized carbons (Fsp3) is 0.375. The van der Waals surface area contributed by atoms with Crippen LogP contribution in [0.15, 0.2) is 30.5 Å². The molecule has 5 nitrogen and oxygen atoms in total. The molecule has 0 bridgehead atoms. The lowest BCUT2D eigenvalue weighted by molar-refractivity contribution is 0.127. The lowest BCUT2D eigenvalue weighted by Crippen LogP contribution is -2.24. The minimum atomic E-state index is 0.301. The zero-order valence-electron chi connectivity index (χ0n) is 12.6. The van der Waals surface area contributed by atoms with Gasteiger partial charge in [0.1, 0.15) is 17.6 Å². The molecular weight excluding hydrogens is 264 g/mol. The molecule has 2 aromatic heterocycles. The lowest BCUT2D eigenvalue weighted by Gasteiger charge is -2.15. The molecule has 0 saturated carbocycles. The molecule has 0 fully saturated rings. The predicted octanol–water partition coefficient (Wildman–Crippen LogP) is 3.07. The summed E-state index contributed by atoms with van der Waals surface area (Å²) in [5, 5.41) is 1.10. The van der Waals surface area contributed by atoms with E-state index in [9.17, 15) is 0 Å². The second kappa shape index (κ2) is 5.69. The number of nitrogens with zero attached hydrogens (tertiary/aromatic N) is 3. The van der Waals surface area contributed by atoms with Gasteiger partial charge in [0.2, 0.25) is 0 Å². The Balaban J connectivity index is 2.25. The number of imidazole rings is 1. The van der Waals surface area contributed by atoms with Crippen molar-refractivity contribution < 1.29 is 4.74 Å². The number of nitrogens with one attached hydrogen (secondary N) is 1. The van der Waals surface area contributed by atoms with E-state index in [0.717, 1.165) is 27.8 Å². The summed E-state index contributed by atoms with van der Waals surface area (Å²) in [4.78, 5) is 9.15. The molecule has 3 rings (SSSR count). The summed E-state index contributed by atoms with van der Waals surface area (Å²) >= 11 is 0. The highest BCUT2D eigenvalue weighted by Crippen LogP contribution is 2.24. The molecule has 0 spiro atoms. The van der Waals surface area contributed by atoms with Crippen LogP contribution in [0.3, 0.4) is 0 Å². The van der Waals surface area contributed by atoms with Crippen LogP contribution in [0.4, 0.5) is 0 Å². The fourth-order valence-electron chi connectivity index (χ4n) is 2.44. The van der Waals surface area contributed by atoms with Crippen molar-refractivity contribution in [2.24, 2.45) is 0 Å². The molecule has 0 aliphatic carbocycles. The Kier molecular flexibility index (Phi) is 3.75. The van der Waals surface area contributed by atoms with Gasteiger partial charge in [0, 0.05) is 18.0 Å². The van der Waals surface area contributed by atoms with Crippen LogP contribution in [-0.4, -0.2) is 27.3 Å². The molecule has 0 saturated heterocycles. The molecule has 110 valence electrons. The van der Waals surface area contributed by atoms with Crippen molar-refractivity contribution in [2.45, 2.75) is 33.4 Å². The largest absolute Gasteiger partial charge is 0.374 e. The number of para-hydroxylation sites is 1. The van der Waals surface area contributed by atoms with E-state index in [0.29, 0.717) is 19.3 Å². The Labute approximate surface area is 123 Å². The topological polar surface area (TPSA) is 52.0 Å². The van der Waals surface area contributed by atoms with E-state index in [1.54, 1.807) is 0 Å². The molecule has 0 unspecified atom stereocenters. The van der Waals surface area contributed by atoms with Gasteiger partial charge in [-0.1, -0.05) is 18.2 Å². The van der Waals surface area contributed by atoms with E-state index < -0.39 is 0 Å². The first kappa shape index (κ1) is 13.8. The fourth-order valence-corrected chi connectivity index (χ4v) is 2.44. The summed E-state index contributed by atoms with van der Waals surface area (Å²) in [6, 6.07) is 8.42. The summed E-state index contributed by atoms with van der Waals surface area (Å²) in [5.41, 5.74) is 6.36. The average molecular weight is 284 g/mol. The van der Waals surface area contributed by atoms with Gasteiger partial charge in [-0.15, -0.1) is 0 Å². The van der Waals surface area contributed by atoms with Gasteiger partial charge in [-0.2, -0.15) is 0 Å². The number of hydrogen-bond donors (Lipinski definition) is 1. The van der Waals surface area contributed by atoms with Crippen LogP contribution >= 0.6 is 0 Å². The van der Waals surface area contributed by atoms with Crippen LogP contribution in [0, 0.1) is 0 Å². The smallest absolute Gasteiger partial charge is 0.154 e. The van der Waals surface area contributed by atoms with Crippen LogP contribution in [0.25, 0.3) is 21.9 Å². The zero-order chi connectivity index (χ0) is 14.8. The number of benzene rings is 1. The number of aromatic nitrogens is 3. The monoisotopic (exact) mass is 284 g/mol. The summed E-state index contributed by atoms with van der Waals surface area (Å²) in [5.74, 6) is 0.874. The molecule has 5 heteroatoms. The maximum atomic E-state index is 5.54. The minimum Gasteiger partial charge on any atom is -0.374 e. The van der Waals surface area contributed by atoms with Gasteiger partial charge in [0.05, 0.1) is 11.7 Å². The molecule has 3 aromatic rings. The third-order valence-corrected chi connectivity index (χ3v) is 3.28. The molecular formula is C16H20N4O. The summed E-state index contributed by atoms with van der Waals surface area (Å²) < 4.78 is 7.58. The van der Waals surface area contributed by atoms with E-state index in [1.165, 1.54) is 0 Å². The lowest BCUT2D eigenvalue weighted by atomic mass is 10.2. The normalized spacial score (nSPS) is 11.6. The Bertz CT molecular complexity index is 763. The molecule has 0 aliphatic heterocycles. The first-order valence-corrected chi connectivity index (χ1v) is 7.30. The van der Waals surface area contributed by atoms with Gasteiger partial charge in [-0.25, -0.2) is 9.66 Å². The van der Waals surface area contributed by atoms with Gasteiger partial charge in [0.25, 0.3) is 0 Å². The number of ether oxygens (including phenoxy) is 1. The molecule has 1 aromatic carbocycles. The maximum Gasteiger partial charge on any atom is 0.154 e. The molecule has 0 amide bonds. The van der Waals surface area contributed by atoms with Gasteiger partial charge in [-0.05, 0) is 26.8 Å². The van der Waals surface area contributed by atoms with Crippen molar-refractivity contribution in [2.75, 3.05) is 12.0 Å². The van der Waals surface area contributed by atoms with E-state index in [2.05, 4.69) is 35.3 Å².